The first-order chi connectivity index (χ1) is 16.9. The second kappa shape index (κ2) is 10.0. The fraction of sp³-hybridized carbons (Fsp3) is 0.480. The van der Waals surface area contributed by atoms with Crippen molar-refractivity contribution < 1.29 is 35.9 Å². The highest BCUT2D eigenvalue weighted by Gasteiger charge is 2.41. The summed E-state index contributed by atoms with van der Waals surface area (Å²) < 4.78 is 75.1. The lowest BCUT2D eigenvalue weighted by atomic mass is 10.1. The molecule has 2 aromatic carbocycles. The molecule has 0 N–H and O–H groups in total. The van der Waals surface area contributed by atoms with E-state index in [9.17, 15) is 26.4 Å². The Hall–Kier alpha value is -2.63. The molecule has 2 aromatic rings. The van der Waals surface area contributed by atoms with Gasteiger partial charge in [-0.15, -0.1) is 13.2 Å². The van der Waals surface area contributed by atoms with E-state index in [0.717, 1.165) is 11.1 Å². The molecule has 7 nitrogen and oxygen atoms in total. The van der Waals surface area contributed by atoms with Crippen LogP contribution in [0.15, 0.2) is 47.4 Å². The topological polar surface area (TPSA) is 76.2 Å². The molecule has 0 amide bonds. The van der Waals surface area contributed by atoms with Crippen LogP contribution in [0.4, 0.5) is 13.2 Å². The zero-order chi connectivity index (χ0) is 26.3. The molecule has 0 radical (unpaired) electrons. The molecule has 2 aliphatic rings. The summed E-state index contributed by atoms with van der Waals surface area (Å²) in [4.78, 5) is 14.4. The number of alkyl halides is 3. The highest BCUT2D eigenvalue weighted by molar-refractivity contribution is 7.89. The lowest BCUT2D eigenvalue weighted by Crippen LogP contribution is -2.58. The third-order valence-corrected chi connectivity index (χ3v) is 8.93. The number of piperazine rings is 1. The first kappa shape index (κ1) is 26.4. The minimum Gasteiger partial charge on any atom is -0.469 e. The van der Waals surface area contributed by atoms with Gasteiger partial charge in [0.2, 0.25) is 10.0 Å². The predicted octanol–water partition coefficient (Wildman–Crippen LogP) is 3.76. The molecular weight excluding hydrogens is 497 g/mol. The standard InChI is InChI=1S/C25H29F3N2O5S/c1-16-13-29(15-18-7-9-21(10-8-18)35-25(26,27)28)14-17(2)30(16)36(32,33)23-6-4-5-19-11-20(12-22(19)23)24(31)34-3/h4-10,16-17,20H,11-15H2,1-3H3/t16-,17?,20?/m0/s1. The Morgan fingerprint density at radius 1 is 1.03 bits per heavy atom. The smallest absolute Gasteiger partial charge is 0.469 e. The third-order valence-electron chi connectivity index (χ3n) is 6.71. The number of benzene rings is 2. The van der Waals surface area contributed by atoms with Crippen LogP contribution >= 0.6 is 0 Å². The van der Waals surface area contributed by atoms with Gasteiger partial charge in [-0.05, 0) is 61.6 Å². The van der Waals surface area contributed by atoms with Gasteiger partial charge < -0.3 is 9.47 Å². The first-order valence-corrected chi connectivity index (χ1v) is 13.1. The van der Waals surface area contributed by atoms with Gasteiger partial charge in [-0.25, -0.2) is 8.42 Å². The third kappa shape index (κ3) is 5.52. The van der Waals surface area contributed by atoms with Crippen molar-refractivity contribution in [2.24, 2.45) is 5.92 Å². The average Bonchev–Trinajstić information content (AvgIpc) is 3.22. The van der Waals surface area contributed by atoms with E-state index in [1.54, 1.807) is 24.3 Å². The summed E-state index contributed by atoms with van der Waals surface area (Å²) in [5, 5.41) is 0. The monoisotopic (exact) mass is 526 g/mol. The van der Waals surface area contributed by atoms with E-state index in [4.69, 9.17) is 4.74 Å². The van der Waals surface area contributed by atoms with E-state index >= 15 is 0 Å². The first-order valence-electron chi connectivity index (χ1n) is 11.7. The van der Waals surface area contributed by atoms with Crippen molar-refractivity contribution in [2.45, 2.75) is 56.6 Å². The molecule has 0 aromatic heterocycles. The SMILES string of the molecule is COC(=O)C1Cc2cccc(S(=O)(=O)N3C(C)CN(Cc4ccc(OC(F)(F)F)cc4)C[C@@H]3C)c2C1. The molecule has 2 unspecified atom stereocenters. The quantitative estimate of drug-likeness (QED) is 0.534. The van der Waals surface area contributed by atoms with E-state index in [2.05, 4.69) is 9.64 Å². The van der Waals surface area contributed by atoms with Crippen molar-refractivity contribution in [1.82, 2.24) is 9.21 Å². The number of methoxy groups -OCH3 is 1. The molecule has 1 heterocycles. The summed E-state index contributed by atoms with van der Waals surface area (Å²) in [6, 6.07) is 10.2. The lowest BCUT2D eigenvalue weighted by Gasteiger charge is -2.43. The number of hydrogen-bond acceptors (Lipinski definition) is 6. The van der Waals surface area contributed by atoms with E-state index < -0.39 is 16.4 Å². The maximum absolute atomic E-state index is 13.8. The van der Waals surface area contributed by atoms with Crippen LogP contribution in [0.25, 0.3) is 0 Å². The minimum absolute atomic E-state index is 0.235. The van der Waals surface area contributed by atoms with E-state index in [1.165, 1.54) is 23.5 Å². The fourth-order valence-electron chi connectivity index (χ4n) is 5.38. The maximum Gasteiger partial charge on any atom is 0.573 e. The number of ether oxygens (including phenoxy) is 2. The van der Waals surface area contributed by atoms with Crippen LogP contribution in [0.3, 0.4) is 0 Å². The number of esters is 1. The van der Waals surface area contributed by atoms with E-state index in [1.807, 2.05) is 19.9 Å². The molecule has 196 valence electrons. The fourth-order valence-corrected chi connectivity index (χ4v) is 7.47. The molecule has 3 atom stereocenters. The average molecular weight is 527 g/mol. The van der Waals surface area contributed by atoms with Crippen LogP contribution in [-0.2, 0) is 38.9 Å². The molecule has 0 bridgehead atoms. The Morgan fingerprint density at radius 2 is 1.67 bits per heavy atom. The highest BCUT2D eigenvalue weighted by Crippen LogP contribution is 2.36. The number of halogens is 3. The molecular formula is C25H29F3N2O5S. The van der Waals surface area contributed by atoms with Crippen molar-refractivity contribution in [1.29, 1.82) is 0 Å². The van der Waals surface area contributed by atoms with Crippen LogP contribution in [0.2, 0.25) is 0 Å². The van der Waals surface area contributed by atoms with Crippen LogP contribution in [0, 0.1) is 5.92 Å². The van der Waals surface area contributed by atoms with Crippen LogP contribution in [0.1, 0.15) is 30.5 Å². The van der Waals surface area contributed by atoms with Crippen LogP contribution in [0.5, 0.6) is 5.75 Å². The normalized spacial score (nSPS) is 23.3. The summed E-state index contributed by atoms with van der Waals surface area (Å²) in [6.45, 7) is 5.09. The zero-order valence-electron chi connectivity index (χ0n) is 20.3. The second-order valence-corrected chi connectivity index (χ2v) is 11.3. The summed E-state index contributed by atoms with van der Waals surface area (Å²) >= 11 is 0. The van der Waals surface area contributed by atoms with Crippen LogP contribution in [-0.4, -0.2) is 62.2 Å². The number of nitrogens with zero attached hydrogens (tertiary/aromatic N) is 2. The molecule has 0 saturated carbocycles. The number of fused-ring (bicyclic) bond motifs is 1. The van der Waals surface area contributed by atoms with Crippen molar-refractivity contribution in [3.63, 3.8) is 0 Å². The summed E-state index contributed by atoms with van der Waals surface area (Å²) in [7, 11) is -2.50. The molecule has 0 spiro atoms. The molecule has 1 aliphatic heterocycles. The van der Waals surface area contributed by atoms with Crippen molar-refractivity contribution in [3.05, 3.63) is 59.2 Å². The van der Waals surface area contributed by atoms with E-state index in [-0.39, 0.29) is 34.6 Å². The van der Waals surface area contributed by atoms with Crippen LogP contribution < -0.4 is 4.74 Å². The Balaban J connectivity index is 1.48. The number of carbonyl (C=O) groups excluding carboxylic acids is 1. The van der Waals surface area contributed by atoms with Gasteiger partial charge in [-0.2, -0.15) is 4.31 Å². The van der Waals surface area contributed by atoms with Gasteiger partial charge in [0, 0.05) is 31.7 Å². The van der Waals surface area contributed by atoms with Gasteiger partial charge >= 0.3 is 12.3 Å². The Bertz CT molecular complexity index is 1210. The second-order valence-electron chi connectivity index (χ2n) is 9.44. The number of sulfonamides is 1. The number of carbonyl (C=O) groups is 1. The summed E-state index contributed by atoms with van der Waals surface area (Å²) in [6.07, 6.45) is -3.96. The van der Waals surface area contributed by atoms with Gasteiger partial charge in [0.15, 0.2) is 0 Å². The van der Waals surface area contributed by atoms with Crippen molar-refractivity contribution in [2.75, 3.05) is 20.2 Å². The Morgan fingerprint density at radius 3 is 2.25 bits per heavy atom. The van der Waals surface area contributed by atoms with Gasteiger partial charge in [0.1, 0.15) is 5.75 Å². The Kier molecular flexibility index (Phi) is 7.36. The highest BCUT2D eigenvalue weighted by atomic mass is 32.2. The molecule has 4 rings (SSSR count). The summed E-state index contributed by atoms with van der Waals surface area (Å²) in [5.74, 6) is -1.02. The predicted molar refractivity (Wildman–Crippen MR) is 126 cm³/mol. The maximum atomic E-state index is 13.8. The van der Waals surface area contributed by atoms with Gasteiger partial charge in [-0.1, -0.05) is 24.3 Å². The molecule has 11 heteroatoms. The largest absolute Gasteiger partial charge is 0.573 e. The summed E-state index contributed by atoms with van der Waals surface area (Å²) in [5.41, 5.74) is 2.33. The lowest BCUT2D eigenvalue weighted by molar-refractivity contribution is -0.274. The molecule has 1 saturated heterocycles. The Labute approximate surface area is 208 Å². The number of rotatable bonds is 6. The van der Waals surface area contributed by atoms with Crippen molar-refractivity contribution in [3.8, 4) is 5.75 Å². The van der Waals surface area contributed by atoms with Gasteiger partial charge in [0.05, 0.1) is 17.9 Å². The molecule has 36 heavy (non-hydrogen) atoms. The molecule has 1 aliphatic carbocycles. The minimum atomic E-state index is -4.74. The van der Waals surface area contributed by atoms with Crippen molar-refractivity contribution >= 4 is 16.0 Å². The van der Waals surface area contributed by atoms with E-state index in [0.29, 0.717) is 38.0 Å². The van der Waals surface area contributed by atoms with Gasteiger partial charge in [0.25, 0.3) is 0 Å². The van der Waals surface area contributed by atoms with Gasteiger partial charge in [-0.3, -0.25) is 9.69 Å². The zero-order valence-corrected chi connectivity index (χ0v) is 21.1. The molecule has 1 fully saturated rings. The number of hydrogen-bond donors (Lipinski definition) is 0.